The summed E-state index contributed by atoms with van der Waals surface area (Å²) >= 11 is 0. The van der Waals surface area contributed by atoms with Crippen molar-refractivity contribution in [2.75, 3.05) is 23.7 Å². The van der Waals surface area contributed by atoms with Crippen molar-refractivity contribution in [2.45, 2.75) is 25.7 Å². The fraction of sp³-hybridized carbons (Fsp3) is 0.500. The van der Waals surface area contributed by atoms with E-state index in [1.807, 2.05) is 12.1 Å². The minimum absolute atomic E-state index is 0.426. The SMILES string of the molecule is Nc1ccc(N2CC3(CCC(=O)CC3)C2)cc1. The number of hydrogen-bond acceptors (Lipinski definition) is 3. The maximum absolute atomic E-state index is 11.3. The molecule has 3 heteroatoms. The molecule has 2 fully saturated rings. The quantitative estimate of drug-likeness (QED) is 0.752. The van der Waals surface area contributed by atoms with E-state index >= 15 is 0 Å². The minimum atomic E-state index is 0.426. The molecule has 1 aliphatic heterocycles. The van der Waals surface area contributed by atoms with E-state index in [0.717, 1.165) is 44.5 Å². The summed E-state index contributed by atoms with van der Waals surface area (Å²) in [7, 11) is 0. The molecule has 0 bridgehead atoms. The van der Waals surface area contributed by atoms with Crippen LogP contribution in [0.5, 0.6) is 0 Å². The smallest absolute Gasteiger partial charge is 0.132 e. The molecule has 1 saturated heterocycles. The number of carbonyl (C=O) groups excluding carboxylic acids is 1. The molecular weight excluding hydrogens is 212 g/mol. The largest absolute Gasteiger partial charge is 0.399 e. The van der Waals surface area contributed by atoms with Gasteiger partial charge >= 0.3 is 0 Å². The molecule has 90 valence electrons. The van der Waals surface area contributed by atoms with Gasteiger partial charge in [-0.2, -0.15) is 0 Å². The second-order valence-corrected chi connectivity index (χ2v) is 5.49. The molecule has 1 spiro atoms. The molecule has 0 unspecified atom stereocenters. The van der Waals surface area contributed by atoms with Crippen LogP contribution in [0.15, 0.2) is 24.3 Å². The van der Waals surface area contributed by atoms with Crippen molar-refractivity contribution in [3.05, 3.63) is 24.3 Å². The van der Waals surface area contributed by atoms with Gasteiger partial charge in [0.1, 0.15) is 5.78 Å². The van der Waals surface area contributed by atoms with Gasteiger partial charge in [0.2, 0.25) is 0 Å². The maximum Gasteiger partial charge on any atom is 0.132 e. The number of hydrogen-bond donors (Lipinski definition) is 1. The van der Waals surface area contributed by atoms with Crippen LogP contribution < -0.4 is 10.6 Å². The van der Waals surface area contributed by atoms with E-state index in [1.54, 1.807) is 0 Å². The lowest BCUT2D eigenvalue weighted by Crippen LogP contribution is -2.57. The number of nitrogens with zero attached hydrogens (tertiary/aromatic N) is 1. The monoisotopic (exact) mass is 230 g/mol. The zero-order valence-corrected chi connectivity index (χ0v) is 9.98. The van der Waals surface area contributed by atoms with E-state index in [1.165, 1.54) is 5.69 Å². The van der Waals surface area contributed by atoms with E-state index < -0.39 is 0 Å². The summed E-state index contributed by atoms with van der Waals surface area (Å²) in [6.07, 6.45) is 3.74. The first-order chi connectivity index (χ1) is 8.17. The third-order valence-electron chi connectivity index (χ3n) is 4.18. The van der Waals surface area contributed by atoms with E-state index in [4.69, 9.17) is 5.73 Å². The zero-order chi connectivity index (χ0) is 11.9. The lowest BCUT2D eigenvalue weighted by Gasteiger charge is -2.53. The van der Waals surface area contributed by atoms with Crippen LogP contribution in [0.3, 0.4) is 0 Å². The molecule has 2 aliphatic rings. The minimum Gasteiger partial charge on any atom is -0.399 e. The van der Waals surface area contributed by atoms with E-state index in [9.17, 15) is 4.79 Å². The summed E-state index contributed by atoms with van der Waals surface area (Å²) in [4.78, 5) is 13.6. The average Bonchev–Trinajstić information content (AvgIpc) is 2.29. The fourth-order valence-electron chi connectivity index (χ4n) is 3.01. The van der Waals surface area contributed by atoms with Crippen LogP contribution in [0, 0.1) is 5.41 Å². The van der Waals surface area contributed by atoms with Crippen molar-refractivity contribution in [2.24, 2.45) is 5.41 Å². The number of anilines is 2. The van der Waals surface area contributed by atoms with Gasteiger partial charge in [-0.05, 0) is 37.1 Å². The van der Waals surface area contributed by atoms with Gasteiger partial charge in [0.05, 0.1) is 0 Å². The third-order valence-corrected chi connectivity index (χ3v) is 4.18. The Bertz CT molecular complexity index is 420. The average molecular weight is 230 g/mol. The van der Waals surface area contributed by atoms with Gasteiger partial charge in [0, 0.05) is 42.7 Å². The van der Waals surface area contributed by atoms with E-state index in [0.29, 0.717) is 11.2 Å². The highest BCUT2D eigenvalue weighted by Gasteiger charge is 2.44. The molecule has 1 heterocycles. The molecule has 1 aromatic carbocycles. The Balaban J connectivity index is 1.64. The number of rotatable bonds is 1. The fourth-order valence-corrected chi connectivity index (χ4v) is 3.01. The van der Waals surface area contributed by atoms with Crippen molar-refractivity contribution in [1.29, 1.82) is 0 Å². The molecule has 0 amide bonds. The van der Waals surface area contributed by atoms with Gasteiger partial charge in [-0.15, -0.1) is 0 Å². The van der Waals surface area contributed by atoms with E-state index in [2.05, 4.69) is 17.0 Å². The molecule has 1 aromatic rings. The number of carbonyl (C=O) groups is 1. The first-order valence-corrected chi connectivity index (χ1v) is 6.29. The van der Waals surface area contributed by atoms with Crippen LogP contribution in [0.2, 0.25) is 0 Å². The summed E-state index contributed by atoms with van der Waals surface area (Å²) < 4.78 is 0. The Labute approximate surface area is 102 Å². The Morgan fingerprint density at radius 1 is 1.06 bits per heavy atom. The van der Waals surface area contributed by atoms with Crippen molar-refractivity contribution in [3.8, 4) is 0 Å². The van der Waals surface area contributed by atoms with Crippen LogP contribution in [0.1, 0.15) is 25.7 Å². The van der Waals surface area contributed by atoms with Crippen LogP contribution in [0.4, 0.5) is 11.4 Å². The van der Waals surface area contributed by atoms with Gasteiger partial charge in [-0.25, -0.2) is 0 Å². The highest BCUT2D eigenvalue weighted by molar-refractivity contribution is 5.79. The maximum atomic E-state index is 11.3. The summed E-state index contributed by atoms with van der Waals surface area (Å²) in [6.45, 7) is 2.20. The van der Waals surface area contributed by atoms with Gasteiger partial charge in [-0.3, -0.25) is 4.79 Å². The number of ketones is 1. The van der Waals surface area contributed by atoms with Gasteiger partial charge in [0.25, 0.3) is 0 Å². The molecule has 1 saturated carbocycles. The van der Waals surface area contributed by atoms with Crippen LogP contribution in [-0.4, -0.2) is 18.9 Å². The van der Waals surface area contributed by atoms with Gasteiger partial charge in [0.15, 0.2) is 0 Å². The molecular formula is C14H18N2O. The summed E-state index contributed by atoms with van der Waals surface area (Å²) in [5.74, 6) is 0.446. The third kappa shape index (κ3) is 1.90. The molecule has 3 rings (SSSR count). The summed E-state index contributed by atoms with van der Waals surface area (Å²) in [5, 5.41) is 0. The second kappa shape index (κ2) is 3.76. The van der Waals surface area contributed by atoms with Crippen molar-refractivity contribution in [3.63, 3.8) is 0 Å². The summed E-state index contributed by atoms with van der Waals surface area (Å²) in [5.41, 5.74) is 8.17. The summed E-state index contributed by atoms with van der Waals surface area (Å²) in [6, 6.07) is 8.06. The standard InChI is InChI=1S/C14H18N2O/c15-11-1-3-12(4-2-11)16-9-14(10-16)7-5-13(17)6-8-14/h1-4H,5-10,15H2. The lowest BCUT2D eigenvalue weighted by atomic mass is 9.68. The van der Waals surface area contributed by atoms with Crippen LogP contribution in [-0.2, 0) is 4.79 Å². The number of Topliss-reactive ketones (excluding diaryl/α,β-unsaturated/α-hetero) is 1. The Hall–Kier alpha value is -1.51. The number of benzene rings is 1. The first kappa shape index (κ1) is 10.6. The van der Waals surface area contributed by atoms with Gasteiger partial charge < -0.3 is 10.6 Å². The molecule has 0 radical (unpaired) electrons. The van der Waals surface area contributed by atoms with Crippen molar-refractivity contribution in [1.82, 2.24) is 0 Å². The number of nitrogens with two attached hydrogens (primary N) is 1. The molecule has 1 aliphatic carbocycles. The topological polar surface area (TPSA) is 46.3 Å². The van der Waals surface area contributed by atoms with Crippen molar-refractivity contribution < 1.29 is 4.79 Å². The Morgan fingerprint density at radius 3 is 2.24 bits per heavy atom. The zero-order valence-electron chi connectivity index (χ0n) is 9.98. The Morgan fingerprint density at radius 2 is 1.65 bits per heavy atom. The Kier molecular flexibility index (Phi) is 2.35. The predicted octanol–water partition coefficient (Wildman–Crippen LogP) is 2.22. The molecule has 0 atom stereocenters. The van der Waals surface area contributed by atoms with Gasteiger partial charge in [-0.1, -0.05) is 0 Å². The number of nitrogen functional groups attached to an aromatic ring is 1. The first-order valence-electron chi connectivity index (χ1n) is 6.29. The van der Waals surface area contributed by atoms with Crippen LogP contribution >= 0.6 is 0 Å². The lowest BCUT2D eigenvalue weighted by molar-refractivity contribution is -0.122. The molecule has 2 N–H and O–H groups in total. The highest BCUT2D eigenvalue weighted by Crippen LogP contribution is 2.44. The van der Waals surface area contributed by atoms with Crippen molar-refractivity contribution >= 4 is 17.2 Å². The molecule has 17 heavy (non-hydrogen) atoms. The van der Waals surface area contributed by atoms with Crippen LogP contribution in [0.25, 0.3) is 0 Å². The molecule has 0 aromatic heterocycles. The van der Waals surface area contributed by atoms with E-state index in [-0.39, 0.29) is 0 Å². The highest BCUT2D eigenvalue weighted by atomic mass is 16.1. The predicted molar refractivity (Wildman–Crippen MR) is 69.0 cm³/mol. The second-order valence-electron chi connectivity index (χ2n) is 5.49. The normalized spacial score (nSPS) is 22.6. The molecule has 3 nitrogen and oxygen atoms in total.